The van der Waals surface area contributed by atoms with Crippen LogP contribution in [-0.4, -0.2) is 41.4 Å². The Morgan fingerprint density at radius 1 is 1.05 bits per heavy atom. The Balaban J connectivity index is 1.90. The number of nitrogens with zero attached hydrogens (tertiary/aromatic N) is 2. The van der Waals surface area contributed by atoms with Crippen molar-refractivity contribution in [2.75, 3.05) is 26.2 Å². The third-order valence-electron chi connectivity index (χ3n) is 5.44. The predicted molar refractivity (Wildman–Crippen MR) is 89.9 cm³/mol. The number of hydrogen-bond donors (Lipinski definition) is 0. The molecule has 0 aromatic rings. The number of piperidine rings is 1. The quantitative estimate of drug-likeness (QED) is 0.663. The maximum absolute atomic E-state index is 2.70. The SMILES string of the molecule is C[C@@H]1C[C@@H](C)C[N+](=C2C=C(N3CCCC3)CC(C)(C)C2)C1. The van der Waals surface area contributed by atoms with Gasteiger partial charge in [-0.1, -0.05) is 27.7 Å². The summed E-state index contributed by atoms with van der Waals surface area (Å²) in [5.41, 5.74) is 3.66. The van der Waals surface area contributed by atoms with Crippen molar-refractivity contribution in [3.63, 3.8) is 0 Å². The molecule has 2 saturated heterocycles. The molecule has 0 amide bonds. The van der Waals surface area contributed by atoms with Crippen LogP contribution in [0.3, 0.4) is 0 Å². The van der Waals surface area contributed by atoms with Gasteiger partial charge in [0.1, 0.15) is 13.1 Å². The molecule has 0 saturated carbocycles. The van der Waals surface area contributed by atoms with Gasteiger partial charge in [-0.15, -0.1) is 0 Å². The van der Waals surface area contributed by atoms with Crippen molar-refractivity contribution < 1.29 is 4.58 Å². The molecule has 3 aliphatic rings. The Kier molecular flexibility index (Phi) is 4.16. The third-order valence-corrected chi connectivity index (χ3v) is 5.44. The van der Waals surface area contributed by atoms with Crippen molar-refractivity contribution in [2.24, 2.45) is 17.3 Å². The summed E-state index contributed by atoms with van der Waals surface area (Å²) >= 11 is 0. The Hall–Kier alpha value is -0.790. The monoisotopic (exact) mass is 289 g/mol. The molecule has 2 nitrogen and oxygen atoms in total. The van der Waals surface area contributed by atoms with E-state index in [0.29, 0.717) is 5.41 Å². The van der Waals surface area contributed by atoms with Gasteiger partial charge in [0.2, 0.25) is 0 Å². The molecule has 2 aliphatic heterocycles. The largest absolute Gasteiger partial charge is 0.375 e. The first-order valence-electron chi connectivity index (χ1n) is 8.99. The second-order valence-corrected chi connectivity index (χ2v) is 8.69. The van der Waals surface area contributed by atoms with Gasteiger partial charge in [-0.2, -0.15) is 0 Å². The van der Waals surface area contributed by atoms with Gasteiger partial charge in [0, 0.05) is 43.1 Å². The smallest absolute Gasteiger partial charge is 0.178 e. The predicted octanol–water partition coefficient (Wildman–Crippen LogP) is 3.92. The van der Waals surface area contributed by atoms with Crippen LogP contribution in [0.15, 0.2) is 11.8 Å². The first kappa shape index (κ1) is 15.1. The molecule has 118 valence electrons. The van der Waals surface area contributed by atoms with Gasteiger partial charge in [0.25, 0.3) is 0 Å². The van der Waals surface area contributed by atoms with Crippen LogP contribution in [-0.2, 0) is 0 Å². The first-order chi connectivity index (χ1) is 9.93. The van der Waals surface area contributed by atoms with Gasteiger partial charge in [0.15, 0.2) is 5.71 Å². The van der Waals surface area contributed by atoms with Gasteiger partial charge in [0.05, 0.1) is 0 Å². The zero-order valence-corrected chi connectivity index (χ0v) is 14.5. The summed E-state index contributed by atoms with van der Waals surface area (Å²) < 4.78 is 2.70. The van der Waals surface area contributed by atoms with E-state index in [1.54, 1.807) is 11.4 Å². The summed E-state index contributed by atoms with van der Waals surface area (Å²) in [5, 5.41) is 0. The molecular formula is C19H33N2+. The number of allylic oxidation sites excluding steroid dienone is 2. The van der Waals surface area contributed by atoms with E-state index in [9.17, 15) is 0 Å². The van der Waals surface area contributed by atoms with Gasteiger partial charge < -0.3 is 4.90 Å². The van der Waals surface area contributed by atoms with Crippen LogP contribution < -0.4 is 0 Å². The van der Waals surface area contributed by atoms with Crippen molar-refractivity contribution in [1.82, 2.24) is 4.90 Å². The lowest BCUT2D eigenvalue weighted by Gasteiger charge is -2.35. The molecule has 0 aromatic heterocycles. The van der Waals surface area contributed by atoms with E-state index in [0.717, 1.165) is 11.8 Å². The van der Waals surface area contributed by atoms with Crippen LogP contribution in [0, 0.1) is 17.3 Å². The lowest BCUT2D eigenvalue weighted by Crippen LogP contribution is -2.39. The Morgan fingerprint density at radius 2 is 1.67 bits per heavy atom. The summed E-state index contributed by atoms with van der Waals surface area (Å²) in [7, 11) is 0. The lowest BCUT2D eigenvalue weighted by atomic mass is 9.77. The standard InChI is InChI=1S/C19H33N2/c1-15-9-16(2)14-21(13-15)18-10-17(11-19(3,4)12-18)20-7-5-6-8-20/h10,15-16H,5-9,11-14H2,1-4H3/q+1/t15-,16-/m1/s1. The van der Waals surface area contributed by atoms with E-state index in [4.69, 9.17) is 0 Å². The summed E-state index contributed by atoms with van der Waals surface area (Å²) in [6, 6.07) is 0. The molecule has 2 fully saturated rings. The topological polar surface area (TPSA) is 6.25 Å². The van der Waals surface area contributed by atoms with Gasteiger partial charge in [-0.05, 0) is 31.1 Å². The number of hydrogen-bond acceptors (Lipinski definition) is 1. The van der Waals surface area contributed by atoms with Crippen molar-refractivity contribution in [3.05, 3.63) is 11.8 Å². The molecule has 0 N–H and O–H groups in total. The minimum atomic E-state index is 0.423. The minimum absolute atomic E-state index is 0.423. The van der Waals surface area contributed by atoms with Crippen molar-refractivity contribution in [2.45, 2.75) is 59.8 Å². The molecule has 2 atom stereocenters. The second-order valence-electron chi connectivity index (χ2n) is 8.69. The third kappa shape index (κ3) is 3.52. The van der Waals surface area contributed by atoms with Crippen molar-refractivity contribution >= 4 is 5.71 Å². The van der Waals surface area contributed by atoms with Crippen LogP contribution in [0.1, 0.15) is 59.8 Å². The van der Waals surface area contributed by atoms with E-state index in [1.165, 1.54) is 58.3 Å². The molecule has 0 spiro atoms. The van der Waals surface area contributed by atoms with Crippen LogP contribution in [0.4, 0.5) is 0 Å². The highest BCUT2D eigenvalue weighted by Gasteiger charge is 2.35. The summed E-state index contributed by atoms with van der Waals surface area (Å²) in [5.74, 6) is 1.69. The zero-order chi connectivity index (χ0) is 15.0. The van der Waals surface area contributed by atoms with E-state index < -0.39 is 0 Å². The fraction of sp³-hybridized carbons (Fsp3) is 0.842. The first-order valence-corrected chi connectivity index (χ1v) is 8.99. The minimum Gasteiger partial charge on any atom is -0.375 e. The highest BCUT2D eigenvalue weighted by molar-refractivity contribution is 5.92. The number of likely N-dealkylation sites (tertiary alicyclic amines) is 1. The molecule has 0 unspecified atom stereocenters. The molecule has 3 rings (SSSR count). The van der Waals surface area contributed by atoms with E-state index >= 15 is 0 Å². The average Bonchev–Trinajstić information content (AvgIpc) is 2.89. The van der Waals surface area contributed by atoms with E-state index in [2.05, 4.69) is 43.2 Å². The Bertz CT molecular complexity index is 440. The molecule has 0 radical (unpaired) electrons. The Morgan fingerprint density at radius 3 is 2.29 bits per heavy atom. The molecule has 0 aromatic carbocycles. The molecule has 1 aliphatic carbocycles. The summed E-state index contributed by atoms with van der Waals surface area (Å²) in [6.45, 7) is 14.8. The molecule has 21 heavy (non-hydrogen) atoms. The zero-order valence-electron chi connectivity index (χ0n) is 14.5. The fourth-order valence-electron chi connectivity index (χ4n) is 4.65. The molecule has 2 heterocycles. The second kappa shape index (κ2) is 5.78. The molecule has 0 bridgehead atoms. The lowest BCUT2D eigenvalue weighted by molar-refractivity contribution is -0.553. The molecule has 2 heteroatoms. The Labute approximate surface area is 130 Å². The highest BCUT2D eigenvalue weighted by Crippen LogP contribution is 2.37. The van der Waals surface area contributed by atoms with Gasteiger partial charge >= 0.3 is 0 Å². The summed E-state index contributed by atoms with van der Waals surface area (Å²) in [6.07, 6.45) is 9.23. The van der Waals surface area contributed by atoms with Crippen LogP contribution in [0.25, 0.3) is 0 Å². The van der Waals surface area contributed by atoms with Crippen LogP contribution in [0.2, 0.25) is 0 Å². The summed E-state index contributed by atoms with van der Waals surface area (Å²) in [4.78, 5) is 2.65. The fourth-order valence-corrected chi connectivity index (χ4v) is 4.65. The average molecular weight is 289 g/mol. The van der Waals surface area contributed by atoms with Gasteiger partial charge in [-0.25, -0.2) is 4.58 Å². The van der Waals surface area contributed by atoms with Crippen LogP contribution in [0.5, 0.6) is 0 Å². The normalized spacial score (nSPS) is 33.3. The van der Waals surface area contributed by atoms with Crippen molar-refractivity contribution in [1.29, 1.82) is 0 Å². The van der Waals surface area contributed by atoms with Crippen molar-refractivity contribution in [3.8, 4) is 0 Å². The van der Waals surface area contributed by atoms with Crippen LogP contribution >= 0.6 is 0 Å². The van der Waals surface area contributed by atoms with E-state index in [-0.39, 0.29) is 0 Å². The maximum Gasteiger partial charge on any atom is 0.178 e. The number of rotatable bonds is 1. The maximum atomic E-state index is 2.70. The van der Waals surface area contributed by atoms with E-state index in [1.807, 2.05) is 0 Å². The van der Waals surface area contributed by atoms with Gasteiger partial charge in [-0.3, -0.25) is 0 Å². The molecular weight excluding hydrogens is 256 g/mol. The highest BCUT2D eigenvalue weighted by atomic mass is 15.2.